The summed E-state index contributed by atoms with van der Waals surface area (Å²) in [5, 5.41) is 0. The molecule has 0 fully saturated rings. The van der Waals surface area contributed by atoms with Gasteiger partial charge in [-0.1, -0.05) is 56.3 Å². The van der Waals surface area contributed by atoms with Gasteiger partial charge in [0.2, 0.25) is 0 Å². The van der Waals surface area contributed by atoms with Crippen molar-refractivity contribution in [1.82, 2.24) is 0 Å². The lowest BCUT2D eigenvalue weighted by molar-refractivity contribution is 0.103. The predicted octanol–water partition coefficient (Wildman–Crippen LogP) is 4.56. The number of Topliss-reactive ketones (excluding diaryl/α,β-unsaturated/α-hetero) is 1. The van der Waals surface area contributed by atoms with E-state index in [1.54, 1.807) is 0 Å². The van der Waals surface area contributed by atoms with Gasteiger partial charge in [-0.3, -0.25) is 4.79 Å². The molecule has 0 bridgehead atoms. The fourth-order valence-electron chi connectivity index (χ4n) is 1.77. The Kier molecular flexibility index (Phi) is 5.41. The molecule has 0 saturated heterocycles. The van der Waals surface area contributed by atoms with Gasteiger partial charge in [0, 0.05) is 11.1 Å². The van der Waals surface area contributed by atoms with Crippen molar-refractivity contribution in [3.63, 3.8) is 0 Å². The average Bonchev–Trinajstić information content (AvgIpc) is 2.38. The molecule has 1 aromatic carbocycles. The number of hydrogen-bond acceptors (Lipinski definition) is 1. The third-order valence-corrected chi connectivity index (χ3v) is 2.78. The standard InChI is InChI=1S/C16H20O/c1-4-6-10-13(3)15(5-2)16(17)14-11-8-7-9-12-14/h5,7-9,11-12H,3-4,6,10H2,1-2H3/b15-5-. The first-order valence-corrected chi connectivity index (χ1v) is 6.15. The second-order valence-electron chi connectivity index (χ2n) is 4.10. The van der Waals surface area contributed by atoms with Crippen LogP contribution in [0.3, 0.4) is 0 Å². The molecular formula is C16H20O. The summed E-state index contributed by atoms with van der Waals surface area (Å²) in [6.07, 6.45) is 4.97. The summed E-state index contributed by atoms with van der Waals surface area (Å²) in [4.78, 5) is 12.3. The average molecular weight is 228 g/mol. The summed E-state index contributed by atoms with van der Waals surface area (Å²) in [7, 11) is 0. The lowest BCUT2D eigenvalue weighted by atomic mass is 9.94. The van der Waals surface area contributed by atoms with E-state index in [1.165, 1.54) is 0 Å². The van der Waals surface area contributed by atoms with Crippen LogP contribution in [-0.4, -0.2) is 5.78 Å². The molecule has 0 unspecified atom stereocenters. The van der Waals surface area contributed by atoms with Crippen LogP contribution in [0.1, 0.15) is 43.5 Å². The Balaban J connectivity index is 2.83. The molecule has 90 valence electrons. The molecule has 1 heteroatoms. The molecule has 1 nitrogen and oxygen atoms in total. The molecule has 0 aliphatic heterocycles. The Labute approximate surface area is 104 Å². The maximum atomic E-state index is 12.3. The van der Waals surface area contributed by atoms with E-state index in [9.17, 15) is 4.79 Å². The van der Waals surface area contributed by atoms with Crippen molar-refractivity contribution in [3.05, 3.63) is 59.7 Å². The molecule has 0 spiro atoms. The van der Waals surface area contributed by atoms with Crippen LogP contribution in [-0.2, 0) is 0 Å². The van der Waals surface area contributed by atoms with Crippen LogP contribution >= 0.6 is 0 Å². The summed E-state index contributed by atoms with van der Waals surface area (Å²) in [5.74, 6) is 0.0780. The van der Waals surface area contributed by atoms with E-state index < -0.39 is 0 Å². The normalized spacial score (nSPS) is 11.3. The van der Waals surface area contributed by atoms with Gasteiger partial charge in [0.15, 0.2) is 5.78 Å². The quantitative estimate of drug-likeness (QED) is 0.396. The zero-order chi connectivity index (χ0) is 12.7. The number of rotatable bonds is 6. The summed E-state index contributed by atoms with van der Waals surface area (Å²) >= 11 is 0. The summed E-state index contributed by atoms with van der Waals surface area (Å²) < 4.78 is 0. The largest absolute Gasteiger partial charge is 0.289 e. The van der Waals surface area contributed by atoms with E-state index in [1.807, 2.05) is 43.3 Å². The highest BCUT2D eigenvalue weighted by Gasteiger charge is 2.13. The predicted molar refractivity (Wildman–Crippen MR) is 73.2 cm³/mol. The first-order valence-electron chi connectivity index (χ1n) is 6.15. The molecule has 1 rings (SSSR count). The fourth-order valence-corrected chi connectivity index (χ4v) is 1.77. The van der Waals surface area contributed by atoms with E-state index >= 15 is 0 Å². The fraction of sp³-hybridized carbons (Fsp3) is 0.312. The number of hydrogen-bond donors (Lipinski definition) is 0. The number of carbonyl (C=O) groups excluding carboxylic acids is 1. The van der Waals surface area contributed by atoms with Crippen LogP contribution in [0.5, 0.6) is 0 Å². The lowest BCUT2D eigenvalue weighted by Crippen LogP contribution is -2.05. The number of unbranched alkanes of at least 4 members (excludes halogenated alkanes) is 1. The Morgan fingerprint density at radius 1 is 1.29 bits per heavy atom. The van der Waals surface area contributed by atoms with Gasteiger partial charge in [0.1, 0.15) is 0 Å². The smallest absolute Gasteiger partial charge is 0.192 e. The number of benzene rings is 1. The van der Waals surface area contributed by atoms with Gasteiger partial charge < -0.3 is 0 Å². The zero-order valence-corrected chi connectivity index (χ0v) is 10.7. The highest BCUT2D eigenvalue weighted by Crippen LogP contribution is 2.19. The Morgan fingerprint density at radius 2 is 1.94 bits per heavy atom. The first kappa shape index (κ1) is 13.4. The topological polar surface area (TPSA) is 17.1 Å². The van der Waals surface area contributed by atoms with E-state index in [0.29, 0.717) is 0 Å². The SMILES string of the molecule is C=C(CCCC)/C(=C/C)C(=O)c1ccccc1. The van der Waals surface area contributed by atoms with E-state index in [4.69, 9.17) is 0 Å². The van der Waals surface area contributed by atoms with Crippen LogP contribution in [0.15, 0.2) is 54.1 Å². The van der Waals surface area contributed by atoms with Crippen LogP contribution in [0.2, 0.25) is 0 Å². The molecule has 0 N–H and O–H groups in total. The molecule has 0 aliphatic rings. The second kappa shape index (κ2) is 6.85. The molecule has 0 heterocycles. The Morgan fingerprint density at radius 3 is 2.47 bits per heavy atom. The van der Waals surface area contributed by atoms with E-state index in [-0.39, 0.29) is 5.78 Å². The molecular weight excluding hydrogens is 208 g/mol. The van der Waals surface area contributed by atoms with Crippen molar-refractivity contribution in [1.29, 1.82) is 0 Å². The Bertz CT molecular complexity index is 412. The van der Waals surface area contributed by atoms with Crippen LogP contribution < -0.4 is 0 Å². The highest BCUT2D eigenvalue weighted by atomic mass is 16.1. The van der Waals surface area contributed by atoms with Crippen LogP contribution in [0.25, 0.3) is 0 Å². The Hall–Kier alpha value is -1.63. The monoisotopic (exact) mass is 228 g/mol. The van der Waals surface area contributed by atoms with Crippen molar-refractivity contribution in [2.24, 2.45) is 0 Å². The van der Waals surface area contributed by atoms with Gasteiger partial charge in [0.05, 0.1) is 0 Å². The van der Waals surface area contributed by atoms with Gasteiger partial charge in [-0.15, -0.1) is 0 Å². The summed E-state index contributed by atoms with van der Waals surface area (Å²) in [6, 6.07) is 9.38. The zero-order valence-electron chi connectivity index (χ0n) is 10.7. The van der Waals surface area contributed by atoms with Gasteiger partial charge >= 0.3 is 0 Å². The number of ketones is 1. The molecule has 0 atom stereocenters. The van der Waals surface area contributed by atoms with E-state index in [0.717, 1.165) is 36.0 Å². The minimum absolute atomic E-state index is 0.0780. The molecule has 17 heavy (non-hydrogen) atoms. The minimum Gasteiger partial charge on any atom is -0.289 e. The van der Waals surface area contributed by atoms with Gasteiger partial charge in [0.25, 0.3) is 0 Å². The lowest BCUT2D eigenvalue weighted by Gasteiger charge is -2.09. The molecule has 0 saturated carbocycles. The minimum atomic E-state index is 0.0780. The number of carbonyl (C=O) groups is 1. The van der Waals surface area contributed by atoms with Crippen LogP contribution in [0, 0.1) is 0 Å². The second-order valence-corrected chi connectivity index (χ2v) is 4.10. The first-order chi connectivity index (χ1) is 8.20. The van der Waals surface area contributed by atoms with E-state index in [2.05, 4.69) is 13.5 Å². The molecule has 0 aliphatic carbocycles. The maximum Gasteiger partial charge on any atom is 0.192 e. The van der Waals surface area contributed by atoms with Gasteiger partial charge in [-0.2, -0.15) is 0 Å². The third-order valence-electron chi connectivity index (χ3n) is 2.78. The van der Waals surface area contributed by atoms with Crippen molar-refractivity contribution in [3.8, 4) is 0 Å². The number of allylic oxidation sites excluding steroid dienone is 3. The molecule has 1 aromatic rings. The molecule has 0 radical (unpaired) electrons. The van der Waals surface area contributed by atoms with Crippen molar-refractivity contribution >= 4 is 5.78 Å². The highest BCUT2D eigenvalue weighted by molar-refractivity contribution is 6.11. The summed E-state index contributed by atoms with van der Waals surface area (Å²) in [5.41, 5.74) is 2.44. The molecule has 0 aromatic heterocycles. The van der Waals surface area contributed by atoms with Crippen LogP contribution in [0.4, 0.5) is 0 Å². The van der Waals surface area contributed by atoms with Crippen molar-refractivity contribution in [2.75, 3.05) is 0 Å². The maximum absolute atomic E-state index is 12.3. The van der Waals surface area contributed by atoms with Gasteiger partial charge in [-0.25, -0.2) is 0 Å². The summed E-state index contributed by atoms with van der Waals surface area (Å²) in [6.45, 7) is 8.06. The third kappa shape index (κ3) is 3.70. The van der Waals surface area contributed by atoms with Crippen molar-refractivity contribution < 1.29 is 4.79 Å². The molecule has 0 amide bonds. The van der Waals surface area contributed by atoms with Crippen molar-refractivity contribution in [2.45, 2.75) is 33.1 Å². The van der Waals surface area contributed by atoms with Gasteiger partial charge in [-0.05, 0) is 25.3 Å².